The molecule has 4 fully saturated rings. The van der Waals surface area contributed by atoms with Gasteiger partial charge in [0.15, 0.2) is 34.9 Å². The summed E-state index contributed by atoms with van der Waals surface area (Å²) in [6, 6.07) is 84.0. The van der Waals surface area contributed by atoms with Crippen LogP contribution in [0.5, 0.6) is 5.75 Å². The quantitative estimate of drug-likeness (QED) is 0.0291. The first kappa shape index (κ1) is 107. The Bertz CT molecular complexity index is 6110. The Morgan fingerprint density at radius 2 is 0.625 bits per heavy atom. The van der Waals surface area contributed by atoms with E-state index in [0.717, 1.165) is 116 Å². The summed E-state index contributed by atoms with van der Waals surface area (Å²) >= 11 is 0. The topological polar surface area (TPSA) is 133 Å². The number of methoxy groups -OCH3 is 1. The maximum absolute atomic E-state index is 9.76. The van der Waals surface area contributed by atoms with E-state index in [1.54, 1.807) is 23.8 Å². The fraction of sp³-hybridized carbons (Fsp3) is 0.470. The van der Waals surface area contributed by atoms with Crippen molar-refractivity contribution < 1.29 is 50.1 Å². The van der Waals surface area contributed by atoms with Crippen LogP contribution in [0.25, 0.3) is 124 Å². The van der Waals surface area contributed by atoms with Crippen LogP contribution in [0.3, 0.4) is 0 Å². The molecule has 0 aliphatic heterocycles. The Labute approximate surface area is 890 Å². The molecule has 6 aliphatic carbocycles. The third-order valence-corrected chi connectivity index (χ3v) is 34.2. The number of ether oxygens (including phenoxy) is 1. The molecule has 4 saturated carbocycles. The molecule has 6 aliphatic rings. The molecule has 13 aromatic rings. The largest absolute Gasteiger partial charge is 0.497 e. The third kappa shape index (κ3) is 23.1. The van der Waals surface area contributed by atoms with Gasteiger partial charge in [-0.3, -0.25) is 0 Å². The Balaban J connectivity index is 0.000000204. The molecular formula is C132H158Ir2N8O2-2. The van der Waals surface area contributed by atoms with Crippen LogP contribution < -0.4 is 4.74 Å². The Morgan fingerprint density at radius 1 is 0.292 bits per heavy atom. The molecule has 2 radical (unpaired) electrons. The number of rotatable bonds is 43. The zero-order valence-corrected chi connectivity index (χ0v) is 93.1. The average Bonchev–Trinajstić information content (AvgIpc) is 1.16. The summed E-state index contributed by atoms with van der Waals surface area (Å²) in [5, 5.41) is 9.76. The number of fused-ring (bicyclic) bond motifs is 6. The number of hydrogen-bond acceptors (Lipinski definition) is 10. The van der Waals surface area contributed by atoms with Crippen LogP contribution >= 0.6 is 0 Å². The Hall–Kier alpha value is -9.64. The molecule has 19 rings (SSSR count). The van der Waals surface area contributed by atoms with Gasteiger partial charge in [-0.1, -0.05) is 379 Å². The van der Waals surface area contributed by atoms with Gasteiger partial charge in [-0.2, -0.15) is 0 Å². The molecule has 758 valence electrons. The molecule has 6 unspecified atom stereocenters. The number of nitrogens with zero attached hydrogens (tertiary/aromatic N) is 8. The fourth-order valence-electron chi connectivity index (χ4n) is 27.4. The van der Waals surface area contributed by atoms with Crippen molar-refractivity contribution in [2.45, 2.75) is 354 Å². The smallest absolute Gasteiger partial charge is 0.165 e. The van der Waals surface area contributed by atoms with Gasteiger partial charge in [-0.05, 0) is 259 Å². The SMILES string of the molecule is CCCCC1CC23CC(CCCC)C(CCCC)CC2(CC1CCCC)c1cc(-c2ccccc2)ccc1-c1c[c-]c(-c2ccc(-c4nc(-c5ccc(CO)cc5)nc(-c5ccc(OC)cc5)n4)cn2)cc13.CCCCCCc1cc(CCCCCC)cc(-c2nc(-c3ccc(-c4[c-]cc5c(c4)C46CC(C)CC4(CC(C)C6)c4ccccc4-5)nc3)nc(-c3cc(CCCCCC)cc(CCCCCC)c3)n2)c1.[Ir].[Ir]. The molecule has 6 atom stereocenters. The standard InChI is InChI=1S/C66H75N4O2.C66H83N4.2Ir/c1-6-10-17-51-39-65-40-52(18-11-7-2)54(20-13-9-4)42-66(65,41-53(51)19-12-8-3)60-38-50(30-35-58(60)57-34-29-49(37-59(57)65)46-21-15-14-16-22-46)61-36-31-55(43-67-61)64-69-62(47-25-23-45(44-71)24-26-47)68-63(70-64)48-27-32-56(72-5)33-28-48;1-7-11-15-19-25-49-35-50(26-20-16-12-8-2)38-55(37-49)63-68-62(69-64(70-63)56-39-51(27-21-17-13-9-3)36-52(40-56)28-22-18-14-10-4)54-32-34-61(67-46-54)53-31-33-58-57-29-23-24-30-59(57)65-42-47(5)44-66(65,60(58)41-53)45-48(6)43-65;;/h14-16,21-29,31-38,43,51-54,71H,6-13,17-20,39-42,44H2,1-5H3;23-24,29-30,32-41,46-48H,7-22,25-28,42-45H2,1-6H3;;/q2*-1;;. The number of aliphatic hydroxyl groups is 1. The molecule has 4 heterocycles. The third-order valence-electron chi connectivity index (χ3n) is 34.2. The summed E-state index contributed by atoms with van der Waals surface area (Å²) in [6.45, 7) is 23.7. The normalized spacial score (nSPS) is 20.8. The molecule has 1 N–H and O–H groups in total. The van der Waals surface area contributed by atoms with Gasteiger partial charge in [-0.25, -0.2) is 29.9 Å². The van der Waals surface area contributed by atoms with Crippen LogP contribution in [0.15, 0.2) is 219 Å². The van der Waals surface area contributed by atoms with Crippen LogP contribution in [0, 0.1) is 47.6 Å². The second-order valence-corrected chi connectivity index (χ2v) is 44.2. The maximum atomic E-state index is 9.76. The molecule has 10 nitrogen and oxygen atoms in total. The van der Waals surface area contributed by atoms with Gasteiger partial charge >= 0.3 is 0 Å². The van der Waals surface area contributed by atoms with Crippen molar-refractivity contribution in [1.82, 2.24) is 39.9 Å². The van der Waals surface area contributed by atoms with E-state index in [-0.39, 0.29) is 68.5 Å². The Morgan fingerprint density at radius 3 is 1.00 bits per heavy atom. The van der Waals surface area contributed by atoms with E-state index in [1.165, 1.54) is 292 Å². The van der Waals surface area contributed by atoms with E-state index in [2.05, 4.69) is 239 Å². The van der Waals surface area contributed by atoms with Crippen molar-refractivity contribution in [2.24, 2.45) is 35.5 Å². The monoisotopic (exact) mass is 2270 g/mol. The zero-order valence-electron chi connectivity index (χ0n) is 88.3. The van der Waals surface area contributed by atoms with E-state index in [0.29, 0.717) is 47.0 Å². The number of benzene rings is 9. The van der Waals surface area contributed by atoms with Crippen LogP contribution in [0.2, 0.25) is 0 Å². The number of aryl methyl sites for hydroxylation is 4. The molecule has 0 spiro atoms. The minimum Gasteiger partial charge on any atom is -0.497 e. The first-order valence-corrected chi connectivity index (χ1v) is 56.1. The fourth-order valence-corrected chi connectivity index (χ4v) is 27.4. The number of hydrogen-bond donors (Lipinski definition) is 1. The van der Waals surface area contributed by atoms with Crippen LogP contribution in [-0.2, 0) is 94.2 Å². The minimum atomic E-state index is -0.0256. The first-order chi connectivity index (χ1) is 69.6. The summed E-state index contributed by atoms with van der Waals surface area (Å²) in [5.41, 5.74) is 31.1. The van der Waals surface area contributed by atoms with Crippen molar-refractivity contribution in [1.29, 1.82) is 0 Å². The van der Waals surface area contributed by atoms with E-state index in [9.17, 15) is 5.11 Å². The van der Waals surface area contributed by atoms with Gasteiger partial charge < -0.3 is 19.8 Å². The van der Waals surface area contributed by atoms with Gasteiger partial charge in [0, 0.05) is 96.8 Å². The van der Waals surface area contributed by atoms with E-state index in [1.807, 2.05) is 60.9 Å². The van der Waals surface area contributed by atoms with Crippen molar-refractivity contribution in [3.8, 4) is 130 Å². The van der Waals surface area contributed by atoms with Gasteiger partial charge in [0.25, 0.3) is 0 Å². The molecule has 0 amide bonds. The van der Waals surface area contributed by atoms with Gasteiger partial charge in [0.05, 0.1) is 13.7 Å². The molecule has 4 aromatic heterocycles. The predicted octanol–water partition coefficient (Wildman–Crippen LogP) is 35.1. The zero-order chi connectivity index (χ0) is 98.2. The van der Waals surface area contributed by atoms with Crippen LogP contribution in [0.1, 0.15) is 350 Å². The summed E-state index contributed by atoms with van der Waals surface area (Å²) in [5.74, 6) is 8.92. The van der Waals surface area contributed by atoms with Crippen LogP contribution in [-0.4, -0.2) is 52.1 Å². The first-order valence-electron chi connectivity index (χ1n) is 56.1. The molecule has 0 saturated heterocycles. The second-order valence-electron chi connectivity index (χ2n) is 44.2. The van der Waals surface area contributed by atoms with Crippen molar-refractivity contribution in [3.63, 3.8) is 0 Å². The van der Waals surface area contributed by atoms with Crippen molar-refractivity contribution in [3.05, 3.63) is 281 Å². The minimum absolute atomic E-state index is 0. The summed E-state index contributed by atoms with van der Waals surface area (Å²) < 4.78 is 5.46. The Kier molecular flexibility index (Phi) is 37.1. The second kappa shape index (κ2) is 49.9. The molecule has 12 heteroatoms. The number of aromatic nitrogens is 8. The summed E-state index contributed by atoms with van der Waals surface area (Å²) in [4.78, 5) is 41.7. The van der Waals surface area contributed by atoms with Gasteiger partial charge in [-0.15, -0.1) is 58.7 Å². The average molecular weight is 2270 g/mol. The number of pyridine rings is 2. The number of aliphatic hydroxyl groups excluding tert-OH is 1. The predicted molar refractivity (Wildman–Crippen MR) is 591 cm³/mol. The summed E-state index contributed by atoms with van der Waals surface area (Å²) in [6.07, 6.45) is 54.0. The van der Waals surface area contributed by atoms with E-state index >= 15 is 0 Å². The molecular weight excluding hydrogens is 2110 g/mol. The van der Waals surface area contributed by atoms with E-state index < -0.39 is 0 Å². The maximum Gasteiger partial charge on any atom is 0.165 e. The molecule has 144 heavy (non-hydrogen) atoms. The molecule has 0 bridgehead atoms. The number of unbranched alkanes of at least 4 members (excludes halogenated alkanes) is 16. The van der Waals surface area contributed by atoms with Crippen molar-refractivity contribution >= 4 is 0 Å². The van der Waals surface area contributed by atoms with Crippen molar-refractivity contribution in [2.75, 3.05) is 7.11 Å². The van der Waals surface area contributed by atoms with Crippen LogP contribution in [0.4, 0.5) is 0 Å². The summed E-state index contributed by atoms with van der Waals surface area (Å²) in [7, 11) is 1.67. The van der Waals surface area contributed by atoms with Gasteiger partial charge in [0.1, 0.15) is 5.75 Å². The van der Waals surface area contributed by atoms with Gasteiger partial charge in [0.2, 0.25) is 0 Å². The van der Waals surface area contributed by atoms with E-state index in [4.69, 9.17) is 44.6 Å². The molecule has 9 aromatic carbocycles.